The molecule has 0 atom stereocenters. The standard InChI is InChI=1S/C15H8BrFN2O/c16-13-4-5-14(12(6-13)8-19)20-9-11-3-1-2-10(7-18)15(11)17/h1-6H,9H2. The van der Waals surface area contributed by atoms with Crippen molar-refractivity contribution in [1.82, 2.24) is 0 Å². The van der Waals surface area contributed by atoms with Crippen LogP contribution in [0.5, 0.6) is 5.75 Å². The Hall–Kier alpha value is -2.37. The third-order valence-electron chi connectivity index (χ3n) is 2.64. The zero-order valence-electron chi connectivity index (χ0n) is 10.2. The number of halogens is 2. The molecular weight excluding hydrogens is 323 g/mol. The number of rotatable bonds is 3. The minimum atomic E-state index is -0.592. The first-order valence-electron chi connectivity index (χ1n) is 5.65. The number of ether oxygens (including phenoxy) is 1. The average Bonchev–Trinajstić information content (AvgIpc) is 2.47. The summed E-state index contributed by atoms with van der Waals surface area (Å²) in [6.07, 6.45) is 0. The SMILES string of the molecule is N#Cc1cc(Br)ccc1OCc1cccc(C#N)c1F. The molecule has 0 aromatic heterocycles. The number of benzene rings is 2. The highest BCUT2D eigenvalue weighted by Crippen LogP contribution is 2.24. The molecule has 0 saturated heterocycles. The van der Waals surface area contributed by atoms with E-state index in [0.717, 1.165) is 4.47 Å². The summed E-state index contributed by atoms with van der Waals surface area (Å²) in [5, 5.41) is 17.8. The van der Waals surface area contributed by atoms with Crippen LogP contribution in [0.4, 0.5) is 4.39 Å². The fourth-order valence-corrected chi connectivity index (χ4v) is 2.01. The van der Waals surface area contributed by atoms with Crippen LogP contribution in [0.15, 0.2) is 40.9 Å². The van der Waals surface area contributed by atoms with Crippen LogP contribution in [0, 0.1) is 28.5 Å². The van der Waals surface area contributed by atoms with E-state index in [1.807, 2.05) is 6.07 Å². The third kappa shape index (κ3) is 2.96. The minimum absolute atomic E-state index is 0.0255. The highest BCUT2D eigenvalue weighted by molar-refractivity contribution is 9.10. The molecule has 0 aliphatic carbocycles. The van der Waals surface area contributed by atoms with Gasteiger partial charge in [0.1, 0.15) is 30.3 Å². The molecule has 0 bridgehead atoms. The summed E-state index contributed by atoms with van der Waals surface area (Å²) in [4.78, 5) is 0. The lowest BCUT2D eigenvalue weighted by molar-refractivity contribution is 0.299. The first-order chi connectivity index (χ1) is 9.65. The van der Waals surface area contributed by atoms with Gasteiger partial charge in [0.25, 0.3) is 0 Å². The van der Waals surface area contributed by atoms with Gasteiger partial charge in [-0.1, -0.05) is 28.1 Å². The van der Waals surface area contributed by atoms with Gasteiger partial charge in [0, 0.05) is 10.0 Å². The van der Waals surface area contributed by atoms with Crippen LogP contribution in [-0.2, 0) is 6.61 Å². The maximum Gasteiger partial charge on any atom is 0.147 e. The molecule has 2 aromatic rings. The molecule has 3 nitrogen and oxygen atoms in total. The predicted octanol–water partition coefficient (Wildman–Crippen LogP) is 3.91. The summed E-state index contributed by atoms with van der Waals surface area (Å²) in [6.45, 7) is -0.0440. The molecule has 98 valence electrons. The molecule has 0 radical (unpaired) electrons. The van der Waals surface area contributed by atoms with E-state index in [0.29, 0.717) is 11.3 Å². The first-order valence-corrected chi connectivity index (χ1v) is 6.45. The van der Waals surface area contributed by atoms with Gasteiger partial charge in [0.2, 0.25) is 0 Å². The van der Waals surface area contributed by atoms with Crippen molar-refractivity contribution >= 4 is 15.9 Å². The third-order valence-corrected chi connectivity index (χ3v) is 3.14. The van der Waals surface area contributed by atoms with Crippen LogP contribution < -0.4 is 4.74 Å². The molecule has 20 heavy (non-hydrogen) atoms. The second-order valence-electron chi connectivity index (χ2n) is 3.93. The van der Waals surface area contributed by atoms with Crippen molar-refractivity contribution < 1.29 is 9.13 Å². The van der Waals surface area contributed by atoms with Crippen molar-refractivity contribution in [2.75, 3.05) is 0 Å². The highest BCUT2D eigenvalue weighted by Gasteiger charge is 2.10. The molecule has 0 saturated carbocycles. The number of hydrogen-bond acceptors (Lipinski definition) is 3. The number of hydrogen-bond donors (Lipinski definition) is 0. The van der Waals surface area contributed by atoms with Gasteiger partial charge in [-0.05, 0) is 24.3 Å². The van der Waals surface area contributed by atoms with Gasteiger partial charge in [0.05, 0.1) is 11.1 Å². The van der Waals surface area contributed by atoms with E-state index >= 15 is 0 Å². The van der Waals surface area contributed by atoms with Crippen LogP contribution in [-0.4, -0.2) is 0 Å². The Morgan fingerprint density at radius 3 is 2.55 bits per heavy atom. The Bertz CT molecular complexity index is 732. The zero-order chi connectivity index (χ0) is 14.5. The number of nitrogens with zero attached hydrogens (tertiary/aromatic N) is 2. The highest BCUT2D eigenvalue weighted by atomic mass is 79.9. The maximum atomic E-state index is 13.8. The summed E-state index contributed by atoms with van der Waals surface area (Å²) in [6, 6.07) is 13.3. The van der Waals surface area contributed by atoms with E-state index in [2.05, 4.69) is 15.9 Å². The fraction of sp³-hybridized carbons (Fsp3) is 0.0667. The van der Waals surface area contributed by atoms with Crippen LogP contribution in [0.3, 0.4) is 0 Å². The molecule has 0 unspecified atom stereocenters. The van der Waals surface area contributed by atoms with Crippen molar-refractivity contribution in [2.45, 2.75) is 6.61 Å². The fourth-order valence-electron chi connectivity index (χ4n) is 1.65. The smallest absolute Gasteiger partial charge is 0.147 e. The van der Waals surface area contributed by atoms with Crippen molar-refractivity contribution in [3.05, 3.63) is 63.4 Å². The Morgan fingerprint density at radius 1 is 1.10 bits per heavy atom. The summed E-state index contributed by atoms with van der Waals surface area (Å²) < 4.78 is 20.1. The monoisotopic (exact) mass is 330 g/mol. The van der Waals surface area contributed by atoms with Crippen LogP contribution in [0.25, 0.3) is 0 Å². The van der Waals surface area contributed by atoms with Crippen LogP contribution in [0.1, 0.15) is 16.7 Å². The van der Waals surface area contributed by atoms with E-state index < -0.39 is 5.82 Å². The molecule has 0 heterocycles. The van der Waals surface area contributed by atoms with Gasteiger partial charge in [-0.25, -0.2) is 4.39 Å². The predicted molar refractivity (Wildman–Crippen MR) is 74.3 cm³/mol. The second kappa shape index (κ2) is 6.18. The molecule has 0 aliphatic heterocycles. The maximum absolute atomic E-state index is 13.8. The average molecular weight is 331 g/mol. The van der Waals surface area contributed by atoms with Crippen LogP contribution >= 0.6 is 15.9 Å². The van der Waals surface area contributed by atoms with Gasteiger partial charge >= 0.3 is 0 Å². The molecule has 0 amide bonds. The Balaban J connectivity index is 2.22. The summed E-state index contributed by atoms with van der Waals surface area (Å²) in [5.41, 5.74) is 0.606. The second-order valence-corrected chi connectivity index (χ2v) is 4.85. The molecule has 0 fully saturated rings. The normalized spacial score (nSPS) is 9.60. The van der Waals surface area contributed by atoms with Crippen molar-refractivity contribution in [1.29, 1.82) is 10.5 Å². The molecule has 0 N–H and O–H groups in total. The Morgan fingerprint density at radius 2 is 1.85 bits per heavy atom. The van der Waals surface area contributed by atoms with E-state index in [1.165, 1.54) is 6.07 Å². The molecule has 0 spiro atoms. The van der Waals surface area contributed by atoms with Crippen molar-refractivity contribution in [2.24, 2.45) is 0 Å². The van der Waals surface area contributed by atoms with E-state index in [4.69, 9.17) is 15.3 Å². The molecule has 2 aromatic carbocycles. The zero-order valence-corrected chi connectivity index (χ0v) is 11.8. The van der Waals surface area contributed by atoms with Crippen molar-refractivity contribution in [3.8, 4) is 17.9 Å². The summed E-state index contributed by atoms with van der Waals surface area (Å²) >= 11 is 3.26. The molecule has 5 heteroatoms. The van der Waals surface area contributed by atoms with Crippen LogP contribution in [0.2, 0.25) is 0 Å². The largest absolute Gasteiger partial charge is 0.487 e. The molecular formula is C15H8BrFN2O. The van der Waals surface area contributed by atoms with Gasteiger partial charge in [-0.2, -0.15) is 10.5 Å². The van der Waals surface area contributed by atoms with E-state index in [1.54, 1.807) is 36.4 Å². The van der Waals surface area contributed by atoms with Crippen molar-refractivity contribution in [3.63, 3.8) is 0 Å². The quantitative estimate of drug-likeness (QED) is 0.857. The Kier molecular flexibility index (Phi) is 4.34. The van der Waals surface area contributed by atoms with E-state index in [9.17, 15) is 4.39 Å². The van der Waals surface area contributed by atoms with Gasteiger partial charge in [0.15, 0.2) is 0 Å². The minimum Gasteiger partial charge on any atom is -0.487 e. The lowest BCUT2D eigenvalue weighted by atomic mass is 10.1. The summed E-state index contributed by atoms with van der Waals surface area (Å²) in [7, 11) is 0. The summed E-state index contributed by atoms with van der Waals surface area (Å²) in [5.74, 6) is -0.219. The molecule has 2 rings (SSSR count). The van der Waals surface area contributed by atoms with Gasteiger partial charge in [-0.3, -0.25) is 0 Å². The number of nitriles is 2. The lowest BCUT2D eigenvalue weighted by Crippen LogP contribution is -2.01. The van der Waals surface area contributed by atoms with E-state index in [-0.39, 0.29) is 17.7 Å². The topological polar surface area (TPSA) is 56.8 Å². The lowest BCUT2D eigenvalue weighted by Gasteiger charge is -2.09. The Labute approximate surface area is 124 Å². The van der Waals surface area contributed by atoms with Gasteiger partial charge < -0.3 is 4.74 Å². The molecule has 0 aliphatic rings. The van der Waals surface area contributed by atoms with Gasteiger partial charge in [-0.15, -0.1) is 0 Å². The first kappa shape index (κ1) is 14.0.